The Kier molecular flexibility index (Phi) is 3.10. The number of hydrogen-bond acceptors (Lipinski definition) is 5. The molecule has 8 heteroatoms. The summed E-state index contributed by atoms with van der Waals surface area (Å²) in [6, 6.07) is 11.7. The van der Waals surface area contributed by atoms with Crippen molar-refractivity contribution in [2.75, 3.05) is 18.0 Å². The number of hydrogen-bond donors (Lipinski definition) is 1. The van der Waals surface area contributed by atoms with Crippen LogP contribution in [0.1, 0.15) is 0 Å². The van der Waals surface area contributed by atoms with Crippen LogP contribution in [0.4, 0.5) is 5.82 Å². The van der Waals surface area contributed by atoms with Crippen molar-refractivity contribution >= 4 is 26.7 Å². The zero-order valence-electron chi connectivity index (χ0n) is 12.2. The monoisotopic (exact) mass is 329 g/mol. The maximum Gasteiger partial charge on any atom is 0.215 e. The molecule has 118 valence electrons. The number of para-hydroxylation sites is 1. The Morgan fingerprint density at radius 1 is 1.17 bits per heavy atom. The lowest BCUT2D eigenvalue weighted by Gasteiger charge is -2.38. The summed E-state index contributed by atoms with van der Waals surface area (Å²) in [4.78, 5) is 6.27. The highest BCUT2D eigenvalue weighted by molar-refractivity contribution is 7.89. The summed E-state index contributed by atoms with van der Waals surface area (Å²) < 4.78 is 24.4. The molecular weight excluding hydrogens is 314 g/mol. The van der Waals surface area contributed by atoms with E-state index in [1.54, 1.807) is 10.9 Å². The van der Waals surface area contributed by atoms with Crippen molar-refractivity contribution < 1.29 is 8.42 Å². The number of anilines is 1. The van der Waals surface area contributed by atoms with Gasteiger partial charge in [0.25, 0.3) is 0 Å². The number of sulfonamides is 1. The summed E-state index contributed by atoms with van der Waals surface area (Å²) in [6.07, 6.45) is 3.67. The number of nitrogens with two attached hydrogens (primary N) is 1. The number of primary sulfonamides is 1. The fourth-order valence-electron chi connectivity index (χ4n) is 2.63. The first-order valence-corrected chi connectivity index (χ1v) is 8.79. The minimum absolute atomic E-state index is 0.372. The van der Waals surface area contributed by atoms with Crippen molar-refractivity contribution in [1.82, 2.24) is 14.8 Å². The number of benzene rings is 1. The summed E-state index contributed by atoms with van der Waals surface area (Å²) in [5, 5.41) is 10.1. The van der Waals surface area contributed by atoms with Crippen LogP contribution in [0.15, 0.2) is 48.8 Å². The Morgan fingerprint density at radius 2 is 1.91 bits per heavy atom. The molecule has 1 aromatic carbocycles. The van der Waals surface area contributed by atoms with Crippen LogP contribution in [0.25, 0.3) is 16.6 Å². The Labute approximate surface area is 133 Å². The minimum atomic E-state index is -3.47. The van der Waals surface area contributed by atoms with Gasteiger partial charge in [0, 0.05) is 36.9 Å². The van der Waals surface area contributed by atoms with Crippen LogP contribution in [-0.4, -0.2) is 41.5 Å². The smallest absolute Gasteiger partial charge is 0.215 e. The fraction of sp³-hybridized carbons (Fsp3) is 0.200. The minimum Gasteiger partial charge on any atom is -0.354 e. The van der Waals surface area contributed by atoms with Gasteiger partial charge in [0.1, 0.15) is 11.1 Å². The van der Waals surface area contributed by atoms with Crippen molar-refractivity contribution in [3.63, 3.8) is 0 Å². The Hall–Kier alpha value is -2.45. The molecule has 1 fully saturated rings. The van der Waals surface area contributed by atoms with E-state index in [4.69, 9.17) is 5.14 Å². The van der Waals surface area contributed by atoms with Crippen LogP contribution < -0.4 is 10.0 Å². The average Bonchev–Trinajstić information content (AvgIpc) is 2.88. The molecule has 0 unspecified atom stereocenters. The topological polar surface area (TPSA) is 94.1 Å². The van der Waals surface area contributed by atoms with Gasteiger partial charge in [-0.05, 0) is 12.1 Å². The van der Waals surface area contributed by atoms with E-state index in [1.807, 2.05) is 47.5 Å². The second-order valence-electron chi connectivity index (χ2n) is 5.63. The molecule has 3 heterocycles. The maximum atomic E-state index is 11.3. The van der Waals surface area contributed by atoms with Crippen LogP contribution in [0.5, 0.6) is 0 Å². The average molecular weight is 329 g/mol. The summed E-state index contributed by atoms with van der Waals surface area (Å²) in [6.45, 7) is 0.744. The van der Waals surface area contributed by atoms with Crippen molar-refractivity contribution in [1.29, 1.82) is 0 Å². The molecule has 0 saturated carbocycles. The van der Waals surface area contributed by atoms with E-state index in [0.717, 1.165) is 22.4 Å². The molecule has 0 radical (unpaired) electrons. The van der Waals surface area contributed by atoms with Crippen LogP contribution >= 0.6 is 0 Å². The number of nitrogens with zero attached hydrogens (tertiary/aromatic N) is 4. The Morgan fingerprint density at radius 3 is 2.61 bits per heavy atom. The van der Waals surface area contributed by atoms with Gasteiger partial charge in [-0.1, -0.05) is 18.2 Å². The normalized spacial score (nSPS) is 15.8. The third-order valence-corrected chi connectivity index (χ3v) is 5.26. The van der Waals surface area contributed by atoms with Gasteiger partial charge >= 0.3 is 0 Å². The van der Waals surface area contributed by atoms with Gasteiger partial charge < -0.3 is 4.90 Å². The second-order valence-corrected chi connectivity index (χ2v) is 7.47. The van der Waals surface area contributed by atoms with Gasteiger partial charge in [-0.15, -0.1) is 0 Å². The molecule has 1 aliphatic heterocycles. The highest BCUT2D eigenvalue weighted by Crippen LogP contribution is 2.25. The van der Waals surface area contributed by atoms with Gasteiger partial charge in [0.2, 0.25) is 10.0 Å². The molecule has 3 aromatic rings. The van der Waals surface area contributed by atoms with Gasteiger partial charge in [-0.25, -0.2) is 23.2 Å². The molecule has 4 rings (SSSR count). The lowest BCUT2D eigenvalue weighted by Crippen LogP contribution is -2.56. The van der Waals surface area contributed by atoms with Crippen molar-refractivity contribution in [3.05, 3.63) is 48.8 Å². The van der Waals surface area contributed by atoms with E-state index in [9.17, 15) is 8.42 Å². The van der Waals surface area contributed by atoms with Gasteiger partial charge in [-0.2, -0.15) is 5.10 Å². The summed E-state index contributed by atoms with van der Waals surface area (Å²) in [5.41, 5.74) is 1.79. The predicted octanol–water partition coefficient (Wildman–Crippen LogP) is 0.898. The Bertz CT molecular complexity index is 962. The van der Waals surface area contributed by atoms with Crippen LogP contribution in [-0.2, 0) is 10.0 Å². The third-order valence-electron chi connectivity index (χ3n) is 4.03. The first-order chi connectivity index (χ1) is 11.0. The molecule has 0 spiro atoms. The zero-order valence-corrected chi connectivity index (χ0v) is 13.0. The predicted molar refractivity (Wildman–Crippen MR) is 88.0 cm³/mol. The molecule has 0 bridgehead atoms. The summed E-state index contributed by atoms with van der Waals surface area (Å²) >= 11 is 0. The fourth-order valence-corrected chi connectivity index (χ4v) is 3.40. The van der Waals surface area contributed by atoms with Crippen LogP contribution in [0.2, 0.25) is 0 Å². The van der Waals surface area contributed by atoms with Gasteiger partial charge in [0.15, 0.2) is 0 Å². The first kappa shape index (κ1) is 14.2. The SMILES string of the molecule is NS(=O)(=O)C1CN(c2cc3nn(-c4ccccc4)cc3cn2)C1. The molecular formula is C15H15N5O2S. The lowest BCUT2D eigenvalue weighted by molar-refractivity contribution is 0.540. The van der Waals surface area contributed by atoms with E-state index in [1.165, 1.54) is 0 Å². The quantitative estimate of drug-likeness (QED) is 0.770. The largest absolute Gasteiger partial charge is 0.354 e. The Balaban J connectivity index is 1.62. The van der Waals surface area contributed by atoms with Crippen molar-refractivity contribution in [2.45, 2.75) is 5.25 Å². The summed E-state index contributed by atoms with van der Waals surface area (Å²) in [7, 11) is -3.47. The van der Waals surface area contributed by atoms with E-state index < -0.39 is 15.3 Å². The molecule has 1 saturated heterocycles. The second kappa shape index (κ2) is 5.04. The highest BCUT2D eigenvalue weighted by atomic mass is 32.2. The summed E-state index contributed by atoms with van der Waals surface area (Å²) in [5.74, 6) is 0.718. The number of rotatable bonds is 3. The number of fused-ring (bicyclic) bond motifs is 1. The van der Waals surface area contributed by atoms with Crippen molar-refractivity contribution in [2.24, 2.45) is 5.14 Å². The molecule has 23 heavy (non-hydrogen) atoms. The molecule has 2 N–H and O–H groups in total. The third kappa shape index (κ3) is 2.55. The molecule has 0 amide bonds. The molecule has 0 atom stereocenters. The highest BCUT2D eigenvalue weighted by Gasteiger charge is 2.35. The van der Waals surface area contributed by atoms with E-state index in [-0.39, 0.29) is 0 Å². The van der Waals surface area contributed by atoms with Crippen LogP contribution in [0, 0.1) is 0 Å². The molecule has 0 aliphatic carbocycles. The maximum absolute atomic E-state index is 11.3. The molecule has 1 aliphatic rings. The molecule has 2 aromatic heterocycles. The van der Waals surface area contributed by atoms with E-state index in [0.29, 0.717) is 13.1 Å². The van der Waals surface area contributed by atoms with Gasteiger partial charge in [-0.3, -0.25) is 0 Å². The number of aromatic nitrogens is 3. The van der Waals surface area contributed by atoms with Crippen LogP contribution in [0.3, 0.4) is 0 Å². The lowest BCUT2D eigenvalue weighted by atomic mass is 10.2. The standard InChI is InChI=1S/C15H15N5O2S/c16-23(21,22)13-9-19(10-13)15-6-14-11(7-17-15)8-20(18-14)12-4-2-1-3-5-12/h1-8,13H,9-10H2,(H2,16,21,22). The van der Waals surface area contributed by atoms with Gasteiger partial charge in [0.05, 0.1) is 11.2 Å². The zero-order chi connectivity index (χ0) is 16.0. The van der Waals surface area contributed by atoms with E-state index >= 15 is 0 Å². The number of pyridine rings is 1. The first-order valence-electron chi connectivity index (χ1n) is 7.18. The van der Waals surface area contributed by atoms with E-state index in [2.05, 4.69) is 10.1 Å². The van der Waals surface area contributed by atoms with Crippen molar-refractivity contribution in [3.8, 4) is 5.69 Å². The molecule has 7 nitrogen and oxygen atoms in total.